The van der Waals surface area contributed by atoms with Gasteiger partial charge in [0.15, 0.2) is 0 Å². The largest absolute Gasteiger partial charge is 0.416 e. The molecule has 3 aromatic rings. The summed E-state index contributed by atoms with van der Waals surface area (Å²) < 4.78 is 54.9. The molecule has 12 heteroatoms. The summed E-state index contributed by atoms with van der Waals surface area (Å²) in [7, 11) is 0. The Labute approximate surface area is 197 Å². The van der Waals surface area contributed by atoms with Crippen molar-refractivity contribution < 1.29 is 22.4 Å². The summed E-state index contributed by atoms with van der Waals surface area (Å²) in [6.45, 7) is 1.97. The Kier molecular flexibility index (Phi) is 5.47. The van der Waals surface area contributed by atoms with E-state index in [1.54, 1.807) is 24.4 Å². The molecule has 2 atom stereocenters. The number of fused-ring (bicyclic) bond motifs is 2. The van der Waals surface area contributed by atoms with Crippen molar-refractivity contribution in [1.82, 2.24) is 20.4 Å². The fraction of sp³-hybridized carbons (Fsp3) is 0.261. The number of alkyl halides is 3. The minimum atomic E-state index is -4.72. The van der Waals surface area contributed by atoms with E-state index in [1.807, 2.05) is 11.8 Å². The van der Waals surface area contributed by atoms with Crippen molar-refractivity contribution in [1.29, 1.82) is 0 Å². The number of nitrogens with two attached hydrogens (primary N) is 1. The Hall–Kier alpha value is -3.93. The average molecular weight is 487 g/mol. The number of halogens is 4. The monoisotopic (exact) mass is 487 g/mol. The molecule has 1 unspecified atom stereocenters. The normalized spacial score (nSPS) is 19.1. The van der Waals surface area contributed by atoms with Crippen molar-refractivity contribution in [2.45, 2.75) is 38.4 Å². The van der Waals surface area contributed by atoms with E-state index < -0.39 is 41.7 Å². The second kappa shape index (κ2) is 8.38. The molecule has 1 aromatic heterocycles. The minimum Gasteiger partial charge on any atom is -0.366 e. The number of para-hydroxylation sites is 1. The number of aromatic amines is 1. The third-order valence-corrected chi connectivity index (χ3v) is 6.31. The number of benzene rings is 2. The van der Waals surface area contributed by atoms with Crippen LogP contribution in [-0.2, 0) is 19.3 Å². The number of anilines is 1. The highest BCUT2D eigenvalue weighted by Gasteiger charge is 2.36. The fourth-order valence-corrected chi connectivity index (χ4v) is 4.53. The number of carbonyl (C=O) groups excluding carboxylic acids is 1. The lowest BCUT2D eigenvalue weighted by molar-refractivity contribution is -0.138. The third-order valence-electron chi connectivity index (χ3n) is 6.31. The van der Waals surface area contributed by atoms with E-state index in [0.29, 0.717) is 23.8 Å². The van der Waals surface area contributed by atoms with Crippen LogP contribution in [0.1, 0.15) is 57.4 Å². The Morgan fingerprint density at radius 1 is 1.23 bits per heavy atom. The molecule has 0 bridgehead atoms. The Bertz CT molecular complexity index is 1330. The number of H-pyrrole nitrogens is 1. The molecule has 1 amide bonds. The molecule has 0 saturated heterocycles. The van der Waals surface area contributed by atoms with E-state index in [-0.39, 0.29) is 11.6 Å². The fourth-order valence-electron chi connectivity index (χ4n) is 4.53. The summed E-state index contributed by atoms with van der Waals surface area (Å²) in [5.41, 5.74) is 6.98. The van der Waals surface area contributed by atoms with Crippen LogP contribution in [0.15, 0.2) is 47.6 Å². The van der Waals surface area contributed by atoms with Crippen LogP contribution in [0.3, 0.4) is 0 Å². The van der Waals surface area contributed by atoms with Gasteiger partial charge in [0.05, 0.1) is 41.3 Å². The number of hydrogen-bond acceptors (Lipinski definition) is 6. The van der Waals surface area contributed by atoms with Gasteiger partial charge < -0.3 is 16.0 Å². The van der Waals surface area contributed by atoms with Crippen LogP contribution in [0.4, 0.5) is 23.2 Å². The number of primary amides is 1. The van der Waals surface area contributed by atoms with Crippen molar-refractivity contribution in [2.24, 2.45) is 10.7 Å². The average Bonchev–Trinajstić information content (AvgIpc) is 3.39. The lowest BCUT2D eigenvalue weighted by Gasteiger charge is -2.33. The number of nitrogens with one attached hydrogen (secondary N) is 3. The number of guanidine groups is 1. The zero-order valence-corrected chi connectivity index (χ0v) is 18.4. The Morgan fingerprint density at radius 3 is 2.71 bits per heavy atom. The first-order chi connectivity index (χ1) is 16.6. The summed E-state index contributed by atoms with van der Waals surface area (Å²) in [6, 6.07) is 7.57. The summed E-state index contributed by atoms with van der Waals surface area (Å²) >= 11 is 0. The number of carbonyl (C=O) groups is 1. The molecule has 3 heterocycles. The van der Waals surface area contributed by atoms with Crippen LogP contribution in [-0.4, -0.2) is 27.0 Å². The maximum atomic E-state index is 14.4. The van der Waals surface area contributed by atoms with Gasteiger partial charge in [-0.05, 0) is 25.1 Å². The number of amides is 1. The van der Waals surface area contributed by atoms with Gasteiger partial charge in [-0.25, -0.2) is 9.38 Å². The van der Waals surface area contributed by atoms with Gasteiger partial charge in [0.1, 0.15) is 12.0 Å². The van der Waals surface area contributed by atoms with E-state index in [9.17, 15) is 22.4 Å². The van der Waals surface area contributed by atoms with Crippen LogP contribution in [0.2, 0.25) is 0 Å². The summed E-state index contributed by atoms with van der Waals surface area (Å²) in [5.74, 6) is -1.26. The van der Waals surface area contributed by atoms with Gasteiger partial charge in [0.2, 0.25) is 5.96 Å². The summed E-state index contributed by atoms with van der Waals surface area (Å²) in [4.78, 5) is 18.7. The molecule has 35 heavy (non-hydrogen) atoms. The number of rotatable bonds is 4. The van der Waals surface area contributed by atoms with Crippen molar-refractivity contribution in [3.05, 3.63) is 81.9 Å². The zero-order chi connectivity index (χ0) is 24.9. The molecule has 0 radical (unpaired) electrons. The molecule has 2 aliphatic heterocycles. The van der Waals surface area contributed by atoms with Crippen LogP contribution in [0.5, 0.6) is 0 Å². The number of hydrogen-bond donors (Lipinski definition) is 4. The molecule has 8 nitrogen and oxygen atoms in total. The molecule has 182 valence electrons. The molecule has 0 spiro atoms. The maximum Gasteiger partial charge on any atom is 0.416 e. The van der Waals surface area contributed by atoms with Gasteiger partial charge in [-0.15, -0.1) is 0 Å². The second-order valence-corrected chi connectivity index (χ2v) is 8.37. The van der Waals surface area contributed by atoms with Gasteiger partial charge >= 0.3 is 6.18 Å². The quantitative estimate of drug-likeness (QED) is 0.418. The molecule has 0 fully saturated rings. The topological polar surface area (TPSA) is 111 Å². The van der Waals surface area contributed by atoms with Crippen LogP contribution in [0.25, 0.3) is 0 Å². The highest BCUT2D eigenvalue weighted by atomic mass is 19.4. The second-order valence-electron chi connectivity index (χ2n) is 8.37. The zero-order valence-electron chi connectivity index (χ0n) is 18.4. The molecule has 0 saturated carbocycles. The first-order valence-electron chi connectivity index (χ1n) is 10.8. The van der Waals surface area contributed by atoms with E-state index in [4.69, 9.17) is 5.73 Å². The van der Waals surface area contributed by atoms with Crippen molar-refractivity contribution in [3.8, 4) is 0 Å². The van der Waals surface area contributed by atoms with Crippen molar-refractivity contribution >= 4 is 17.6 Å². The van der Waals surface area contributed by atoms with Crippen LogP contribution < -0.4 is 16.4 Å². The predicted octanol–water partition coefficient (Wildman–Crippen LogP) is 3.81. The molecule has 2 aromatic carbocycles. The lowest BCUT2D eigenvalue weighted by Crippen LogP contribution is -2.40. The highest BCUT2D eigenvalue weighted by molar-refractivity contribution is 6.06. The molecule has 5 rings (SSSR count). The van der Waals surface area contributed by atoms with Crippen molar-refractivity contribution in [2.75, 3.05) is 5.32 Å². The molecular weight excluding hydrogens is 466 g/mol. The first kappa shape index (κ1) is 22.8. The molecule has 0 aliphatic carbocycles. The number of aliphatic imine (C=N–C) groups is 1. The Balaban J connectivity index is 1.52. The summed E-state index contributed by atoms with van der Waals surface area (Å²) in [6.07, 6.45) is -3.87. The Morgan fingerprint density at radius 2 is 2.00 bits per heavy atom. The number of aromatic nitrogens is 2. The maximum absolute atomic E-state index is 14.4. The van der Waals surface area contributed by atoms with Crippen LogP contribution >= 0.6 is 0 Å². The van der Waals surface area contributed by atoms with Gasteiger partial charge in [0, 0.05) is 23.2 Å². The lowest BCUT2D eigenvalue weighted by atomic mass is 10.0. The predicted molar refractivity (Wildman–Crippen MR) is 120 cm³/mol. The minimum absolute atomic E-state index is 0.110. The van der Waals surface area contributed by atoms with Gasteiger partial charge in [-0.2, -0.15) is 18.3 Å². The van der Waals surface area contributed by atoms with E-state index in [0.717, 1.165) is 29.5 Å². The molecule has 5 N–H and O–H groups in total. The van der Waals surface area contributed by atoms with Crippen molar-refractivity contribution in [3.63, 3.8) is 0 Å². The number of nitrogens with zero attached hydrogens (tertiary/aromatic N) is 3. The SMILES string of the molecule is C[C@H]1c2cn[nH]c2CN1C1=NC(NCc2c(F)cccc2C(F)(F)F)c2cccc(C(N)=O)c2N1. The van der Waals surface area contributed by atoms with E-state index in [1.165, 1.54) is 0 Å². The van der Waals surface area contributed by atoms with Gasteiger partial charge in [-0.3, -0.25) is 15.2 Å². The molecule has 2 aliphatic rings. The first-order valence-corrected chi connectivity index (χ1v) is 10.8. The van der Waals surface area contributed by atoms with Crippen LogP contribution in [0, 0.1) is 5.82 Å². The van der Waals surface area contributed by atoms with E-state index in [2.05, 4.69) is 25.8 Å². The summed E-state index contributed by atoms with van der Waals surface area (Å²) in [5, 5.41) is 13.1. The van der Waals surface area contributed by atoms with E-state index >= 15 is 0 Å². The third kappa shape index (κ3) is 3.99. The van der Waals surface area contributed by atoms with Gasteiger partial charge in [-0.1, -0.05) is 18.2 Å². The smallest absolute Gasteiger partial charge is 0.366 e. The standard InChI is InChI=1S/C23H21F4N7O/c1-11-14-9-30-33-18(14)10-34(11)22-31-19-12(20(28)35)4-2-5-13(19)21(32-22)29-8-15-16(23(25,26)27)6-3-7-17(15)24/h2-7,9,11,21,29H,8,10H2,1H3,(H2,28,35)(H,30,33)(H,31,32)/t11-,21?/m0/s1. The van der Waals surface area contributed by atoms with Gasteiger partial charge in [0.25, 0.3) is 5.91 Å². The molecular formula is C23H21F4N7O. The highest BCUT2D eigenvalue weighted by Crippen LogP contribution is 2.38.